The third-order valence-corrected chi connectivity index (χ3v) is 5.53. The predicted molar refractivity (Wildman–Crippen MR) is 129 cm³/mol. The number of carbonyl (C=O) groups excluding carboxylic acids is 4. The summed E-state index contributed by atoms with van der Waals surface area (Å²) in [6.45, 7) is 3.65. The number of nitrogens with one attached hydrogen (secondary N) is 3. The third kappa shape index (κ3) is 14.2. The zero-order valence-corrected chi connectivity index (χ0v) is 21.1. The van der Waals surface area contributed by atoms with Crippen LogP contribution >= 0.6 is 11.8 Å². The van der Waals surface area contributed by atoms with E-state index < -0.39 is 59.7 Å². The van der Waals surface area contributed by atoms with Crippen molar-refractivity contribution in [2.24, 2.45) is 17.4 Å². The molecule has 0 fully saturated rings. The molecule has 4 unspecified atom stereocenters. The van der Waals surface area contributed by atoms with Crippen LogP contribution in [-0.4, -0.2) is 82.0 Å². The summed E-state index contributed by atoms with van der Waals surface area (Å²) in [5.74, 6) is -4.85. The Balaban J connectivity index is 5.45. The maximum absolute atomic E-state index is 13.0. The molecule has 0 saturated carbocycles. The molecule has 9 N–H and O–H groups in total. The van der Waals surface area contributed by atoms with Crippen molar-refractivity contribution in [2.75, 3.05) is 12.0 Å². The maximum Gasteiger partial charge on any atom is 0.326 e. The molecule has 13 nitrogen and oxygen atoms in total. The summed E-state index contributed by atoms with van der Waals surface area (Å²) in [4.78, 5) is 71.3. The number of aliphatic carboxylic acids is 2. The number of carboxylic acids is 2. The Morgan fingerprint density at radius 1 is 0.800 bits per heavy atom. The smallest absolute Gasteiger partial charge is 0.326 e. The monoisotopic (exact) mass is 519 g/mol. The SMILES string of the molecule is CSCCC(NC(=O)C(CC(C)C)NC(=O)C(N)CCC(=O)O)C(=O)NC(CCC(N)=O)C(=O)O. The average molecular weight is 520 g/mol. The number of hydrogen-bond acceptors (Lipinski definition) is 8. The van der Waals surface area contributed by atoms with Crippen LogP contribution in [0, 0.1) is 5.92 Å². The predicted octanol–water partition coefficient (Wildman–Crippen LogP) is -1.22. The Morgan fingerprint density at radius 3 is 1.83 bits per heavy atom. The molecule has 0 heterocycles. The fourth-order valence-electron chi connectivity index (χ4n) is 2.98. The van der Waals surface area contributed by atoms with Gasteiger partial charge in [0.15, 0.2) is 0 Å². The van der Waals surface area contributed by atoms with Gasteiger partial charge in [-0.25, -0.2) is 4.79 Å². The summed E-state index contributed by atoms with van der Waals surface area (Å²) in [5.41, 5.74) is 10.8. The van der Waals surface area contributed by atoms with Gasteiger partial charge in [-0.15, -0.1) is 0 Å². The highest BCUT2D eigenvalue weighted by atomic mass is 32.2. The van der Waals surface area contributed by atoms with Crippen molar-refractivity contribution in [1.29, 1.82) is 0 Å². The highest BCUT2D eigenvalue weighted by Gasteiger charge is 2.30. The minimum absolute atomic E-state index is 0.0232. The second-order valence-electron chi connectivity index (χ2n) is 8.48. The molecule has 0 radical (unpaired) electrons. The van der Waals surface area contributed by atoms with E-state index in [1.807, 2.05) is 13.8 Å². The van der Waals surface area contributed by atoms with Gasteiger partial charge in [-0.2, -0.15) is 11.8 Å². The molecule has 0 aliphatic carbocycles. The molecule has 0 aliphatic heterocycles. The molecule has 4 atom stereocenters. The van der Waals surface area contributed by atoms with Gasteiger partial charge in [0.05, 0.1) is 6.04 Å². The second-order valence-corrected chi connectivity index (χ2v) is 9.46. The largest absolute Gasteiger partial charge is 0.481 e. The number of primary amides is 1. The molecule has 0 bridgehead atoms. The van der Waals surface area contributed by atoms with Crippen molar-refractivity contribution in [1.82, 2.24) is 16.0 Å². The second kappa shape index (κ2) is 16.7. The van der Waals surface area contributed by atoms with Crippen molar-refractivity contribution in [2.45, 2.75) is 76.5 Å². The number of nitrogens with two attached hydrogens (primary N) is 2. The number of rotatable bonds is 18. The van der Waals surface area contributed by atoms with E-state index in [2.05, 4.69) is 16.0 Å². The Morgan fingerprint density at radius 2 is 1.34 bits per heavy atom. The number of carboxylic acid groups (broad SMARTS) is 2. The fourth-order valence-corrected chi connectivity index (χ4v) is 3.46. The van der Waals surface area contributed by atoms with Crippen molar-refractivity contribution >= 4 is 47.3 Å². The number of hydrogen-bond donors (Lipinski definition) is 7. The quantitative estimate of drug-likeness (QED) is 0.114. The summed E-state index contributed by atoms with van der Waals surface area (Å²) in [6, 6.07) is -4.65. The van der Waals surface area contributed by atoms with E-state index in [9.17, 15) is 33.9 Å². The summed E-state index contributed by atoms with van der Waals surface area (Å²) in [6.07, 6.45) is 1.32. The molecule has 0 aromatic heterocycles. The first kappa shape index (κ1) is 32.1. The highest BCUT2D eigenvalue weighted by molar-refractivity contribution is 7.98. The van der Waals surface area contributed by atoms with Gasteiger partial charge in [-0.05, 0) is 43.6 Å². The Hall–Kier alpha value is -2.87. The van der Waals surface area contributed by atoms with Crippen LogP contribution in [0.2, 0.25) is 0 Å². The molecule has 0 spiro atoms. The van der Waals surface area contributed by atoms with E-state index in [0.717, 1.165) is 0 Å². The molecule has 0 aromatic rings. The molecule has 0 aromatic carbocycles. The number of amides is 4. The highest BCUT2D eigenvalue weighted by Crippen LogP contribution is 2.09. The van der Waals surface area contributed by atoms with Gasteiger partial charge < -0.3 is 37.6 Å². The van der Waals surface area contributed by atoms with Crippen molar-refractivity contribution < 1.29 is 39.0 Å². The molecule has 0 saturated heterocycles. The lowest BCUT2D eigenvalue weighted by Crippen LogP contribution is -2.57. The van der Waals surface area contributed by atoms with Crippen LogP contribution in [-0.2, 0) is 28.8 Å². The summed E-state index contributed by atoms with van der Waals surface area (Å²) in [5, 5.41) is 25.5. The molecule has 0 aliphatic rings. The van der Waals surface area contributed by atoms with Crippen LogP contribution in [0.3, 0.4) is 0 Å². The first-order valence-electron chi connectivity index (χ1n) is 11.2. The van der Waals surface area contributed by atoms with E-state index in [0.29, 0.717) is 5.75 Å². The standard InChI is InChI=1S/C21H37N5O8S/c1-11(2)10-15(26-18(30)12(22)4-7-17(28)29)20(32)24-13(8-9-35-3)19(31)25-14(21(33)34)5-6-16(23)27/h11-15H,4-10,22H2,1-3H3,(H2,23,27)(H,24,32)(H,25,31)(H,26,30)(H,28,29)(H,33,34). The molecule has 200 valence electrons. The van der Waals surface area contributed by atoms with Crippen LogP contribution in [0.15, 0.2) is 0 Å². The van der Waals surface area contributed by atoms with Crippen molar-refractivity contribution in [3.63, 3.8) is 0 Å². The molecule has 14 heteroatoms. The lowest BCUT2D eigenvalue weighted by atomic mass is 10.0. The van der Waals surface area contributed by atoms with Gasteiger partial charge in [0.2, 0.25) is 23.6 Å². The van der Waals surface area contributed by atoms with Crippen LogP contribution < -0.4 is 27.4 Å². The fraction of sp³-hybridized carbons (Fsp3) is 0.714. The summed E-state index contributed by atoms with van der Waals surface area (Å²) >= 11 is 1.41. The lowest BCUT2D eigenvalue weighted by molar-refractivity contribution is -0.142. The zero-order chi connectivity index (χ0) is 27.1. The Labute approximate surface area is 208 Å². The van der Waals surface area contributed by atoms with Gasteiger partial charge in [0, 0.05) is 12.8 Å². The van der Waals surface area contributed by atoms with E-state index >= 15 is 0 Å². The Kier molecular flexibility index (Phi) is 15.3. The molecular weight excluding hydrogens is 482 g/mol. The van der Waals surface area contributed by atoms with Crippen LogP contribution in [0.1, 0.15) is 52.4 Å². The van der Waals surface area contributed by atoms with E-state index in [1.54, 1.807) is 6.26 Å². The summed E-state index contributed by atoms with van der Waals surface area (Å²) in [7, 11) is 0. The average Bonchev–Trinajstić information content (AvgIpc) is 2.75. The molecule has 0 rings (SSSR count). The van der Waals surface area contributed by atoms with E-state index in [-0.39, 0.29) is 44.4 Å². The van der Waals surface area contributed by atoms with Gasteiger partial charge in [-0.3, -0.25) is 24.0 Å². The first-order chi connectivity index (χ1) is 16.3. The van der Waals surface area contributed by atoms with E-state index in [1.165, 1.54) is 11.8 Å². The number of thioether (sulfide) groups is 1. The van der Waals surface area contributed by atoms with Gasteiger partial charge >= 0.3 is 11.9 Å². The number of carbonyl (C=O) groups is 6. The van der Waals surface area contributed by atoms with Gasteiger partial charge in [-0.1, -0.05) is 13.8 Å². The van der Waals surface area contributed by atoms with Gasteiger partial charge in [0.1, 0.15) is 18.1 Å². The molecule has 35 heavy (non-hydrogen) atoms. The van der Waals surface area contributed by atoms with Crippen LogP contribution in [0.4, 0.5) is 0 Å². The maximum atomic E-state index is 13.0. The Bertz CT molecular complexity index is 764. The normalized spacial score (nSPS) is 14.3. The van der Waals surface area contributed by atoms with Crippen molar-refractivity contribution in [3.8, 4) is 0 Å². The lowest BCUT2D eigenvalue weighted by Gasteiger charge is -2.26. The topological polar surface area (TPSA) is 231 Å². The zero-order valence-electron chi connectivity index (χ0n) is 20.2. The minimum Gasteiger partial charge on any atom is -0.481 e. The van der Waals surface area contributed by atoms with Crippen LogP contribution in [0.25, 0.3) is 0 Å². The van der Waals surface area contributed by atoms with Crippen molar-refractivity contribution in [3.05, 3.63) is 0 Å². The molecular formula is C21H37N5O8S. The third-order valence-electron chi connectivity index (χ3n) is 4.88. The minimum atomic E-state index is -1.37. The van der Waals surface area contributed by atoms with E-state index in [4.69, 9.17) is 16.6 Å². The van der Waals surface area contributed by atoms with Gasteiger partial charge in [0.25, 0.3) is 0 Å². The summed E-state index contributed by atoms with van der Waals surface area (Å²) < 4.78 is 0. The van der Waals surface area contributed by atoms with Crippen LogP contribution in [0.5, 0.6) is 0 Å². The first-order valence-corrected chi connectivity index (χ1v) is 12.6. The molecule has 4 amide bonds.